The summed E-state index contributed by atoms with van der Waals surface area (Å²) >= 11 is 0. The number of nitrogens with zero attached hydrogens (tertiary/aromatic N) is 2. The summed E-state index contributed by atoms with van der Waals surface area (Å²) in [4.78, 5) is 8.81. The maximum Gasteiger partial charge on any atom is 0.0705 e. The van der Waals surface area contributed by atoms with Crippen molar-refractivity contribution in [1.29, 1.82) is 0 Å². The summed E-state index contributed by atoms with van der Waals surface area (Å²) in [5.74, 6) is 0. The maximum atomic E-state index is 4.43. The van der Waals surface area contributed by atoms with Gasteiger partial charge in [0.15, 0.2) is 0 Å². The van der Waals surface area contributed by atoms with Crippen LogP contribution in [0.2, 0.25) is 0 Å². The fourth-order valence-electron chi connectivity index (χ4n) is 2.57. The first kappa shape index (κ1) is 12.8. The number of hydrogen-bond donors (Lipinski definition) is 1. The Morgan fingerprint density at radius 2 is 1.80 bits per heavy atom. The summed E-state index contributed by atoms with van der Waals surface area (Å²) in [6.45, 7) is 2.04. The molecule has 0 aliphatic heterocycles. The molecule has 0 spiro atoms. The first-order valence-electron chi connectivity index (χ1n) is 6.73. The van der Waals surface area contributed by atoms with Gasteiger partial charge in [0.05, 0.1) is 11.6 Å². The predicted molar refractivity (Wildman–Crippen MR) is 81.6 cm³/mol. The van der Waals surface area contributed by atoms with E-state index in [1.165, 1.54) is 11.1 Å². The number of nitrogens with one attached hydrogen (secondary N) is 1. The molecule has 0 radical (unpaired) electrons. The van der Waals surface area contributed by atoms with Gasteiger partial charge in [-0.1, -0.05) is 24.3 Å². The van der Waals surface area contributed by atoms with E-state index in [4.69, 9.17) is 0 Å². The van der Waals surface area contributed by atoms with Crippen molar-refractivity contribution in [2.24, 2.45) is 0 Å². The largest absolute Gasteiger partial charge is 0.309 e. The van der Waals surface area contributed by atoms with Crippen molar-refractivity contribution in [3.05, 3.63) is 71.7 Å². The lowest BCUT2D eigenvalue weighted by Crippen LogP contribution is -2.19. The number of fused-ring (bicyclic) bond motifs is 1. The van der Waals surface area contributed by atoms with Crippen molar-refractivity contribution in [2.75, 3.05) is 7.05 Å². The van der Waals surface area contributed by atoms with E-state index in [1.54, 1.807) is 0 Å². The lowest BCUT2D eigenvalue weighted by molar-refractivity contribution is 0.683. The molecule has 0 aliphatic carbocycles. The van der Waals surface area contributed by atoms with Gasteiger partial charge in [-0.3, -0.25) is 9.97 Å². The average molecular weight is 263 g/mol. The highest BCUT2D eigenvalue weighted by atomic mass is 14.9. The van der Waals surface area contributed by atoms with Crippen molar-refractivity contribution < 1.29 is 0 Å². The monoisotopic (exact) mass is 263 g/mol. The molecule has 3 heteroatoms. The molecule has 20 heavy (non-hydrogen) atoms. The van der Waals surface area contributed by atoms with Gasteiger partial charge in [0.25, 0.3) is 0 Å². The SMILES string of the molecule is CNC(c1ccc2cccnc2c1)c1cccnc1C. The maximum absolute atomic E-state index is 4.43. The van der Waals surface area contributed by atoms with E-state index in [-0.39, 0.29) is 6.04 Å². The van der Waals surface area contributed by atoms with E-state index >= 15 is 0 Å². The van der Waals surface area contributed by atoms with Crippen LogP contribution in [0.3, 0.4) is 0 Å². The Kier molecular flexibility index (Phi) is 3.44. The highest BCUT2D eigenvalue weighted by Crippen LogP contribution is 2.25. The van der Waals surface area contributed by atoms with Gasteiger partial charge in [0.1, 0.15) is 0 Å². The molecule has 3 nitrogen and oxygen atoms in total. The van der Waals surface area contributed by atoms with E-state index in [0.717, 1.165) is 16.6 Å². The minimum absolute atomic E-state index is 0.134. The molecule has 1 atom stereocenters. The number of aromatic nitrogens is 2. The summed E-state index contributed by atoms with van der Waals surface area (Å²) in [5, 5.41) is 4.53. The summed E-state index contributed by atoms with van der Waals surface area (Å²) in [6, 6.07) is 14.7. The lowest BCUT2D eigenvalue weighted by Gasteiger charge is -2.19. The van der Waals surface area contributed by atoms with Crippen molar-refractivity contribution in [3.63, 3.8) is 0 Å². The zero-order valence-corrected chi connectivity index (χ0v) is 11.7. The minimum atomic E-state index is 0.134. The number of benzene rings is 1. The fourth-order valence-corrected chi connectivity index (χ4v) is 2.57. The van der Waals surface area contributed by atoms with Crippen molar-refractivity contribution in [2.45, 2.75) is 13.0 Å². The fraction of sp³-hybridized carbons (Fsp3) is 0.176. The lowest BCUT2D eigenvalue weighted by atomic mass is 9.97. The van der Waals surface area contributed by atoms with E-state index in [0.29, 0.717) is 0 Å². The summed E-state index contributed by atoms with van der Waals surface area (Å²) in [5.41, 5.74) is 4.47. The molecule has 3 rings (SSSR count). The van der Waals surface area contributed by atoms with E-state index in [1.807, 2.05) is 38.5 Å². The molecule has 0 bridgehead atoms. The van der Waals surface area contributed by atoms with Crippen molar-refractivity contribution in [3.8, 4) is 0 Å². The Morgan fingerprint density at radius 1 is 1.00 bits per heavy atom. The van der Waals surface area contributed by atoms with Gasteiger partial charge in [0, 0.05) is 23.5 Å². The third-order valence-electron chi connectivity index (χ3n) is 3.61. The molecule has 0 saturated carbocycles. The molecule has 2 heterocycles. The first-order valence-corrected chi connectivity index (χ1v) is 6.73. The minimum Gasteiger partial charge on any atom is -0.309 e. The standard InChI is InChI=1S/C17H17N3/c1-12-15(6-4-9-19-12)17(18-2)14-8-7-13-5-3-10-20-16(13)11-14/h3-11,17-18H,1-2H3. The topological polar surface area (TPSA) is 37.8 Å². The molecule has 0 amide bonds. The molecule has 0 fully saturated rings. The number of pyridine rings is 2. The van der Waals surface area contributed by atoms with Crippen LogP contribution < -0.4 is 5.32 Å². The van der Waals surface area contributed by atoms with E-state index in [9.17, 15) is 0 Å². The molecule has 1 N–H and O–H groups in total. The average Bonchev–Trinajstić information content (AvgIpc) is 2.50. The zero-order valence-electron chi connectivity index (χ0n) is 11.7. The Bertz CT molecular complexity index is 737. The number of rotatable bonds is 3. The molecule has 0 saturated heterocycles. The van der Waals surface area contributed by atoms with E-state index in [2.05, 4.69) is 45.6 Å². The predicted octanol–water partition coefficient (Wildman–Crippen LogP) is 3.25. The molecule has 3 aromatic rings. The summed E-state index contributed by atoms with van der Waals surface area (Å²) in [7, 11) is 1.97. The van der Waals surface area contributed by atoms with Gasteiger partial charge >= 0.3 is 0 Å². The zero-order chi connectivity index (χ0) is 13.9. The van der Waals surface area contributed by atoms with Crippen molar-refractivity contribution >= 4 is 10.9 Å². The normalized spacial score (nSPS) is 12.5. The smallest absolute Gasteiger partial charge is 0.0705 e. The Balaban J connectivity index is 2.10. The van der Waals surface area contributed by atoms with Crippen LogP contribution in [0.4, 0.5) is 0 Å². The highest BCUT2D eigenvalue weighted by molar-refractivity contribution is 5.79. The van der Waals surface area contributed by atoms with Crippen LogP contribution in [-0.2, 0) is 0 Å². The second-order valence-corrected chi connectivity index (χ2v) is 4.86. The van der Waals surface area contributed by atoms with Crippen LogP contribution in [0, 0.1) is 6.92 Å². The second kappa shape index (κ2) is 5.39. The van der Waals surface area contributed by atoms with Gasteiger partial charge in [-0.15, -0.1) is 0 Å². The van der Waals surface area contributed by atoms with Crippen LogP contribution in [0.1, 0.15) is 22.9 Å². The quantitative estimate of drug-likeness (QED) is 0.788. The van der Waals surface area contributed by atoms with Gasteiger partial charge in [0.2, 0.25) is 0 Å². The van der Waals surface area contributed by atoms with Crippen LogP contribution in [0.25, 0.3) is 10.9 Å². The third-order valence-corrected chi connectivity index (χ3v) is 3.61. The van der Waals surface area contributed by atoms with Crippen LogP contribution in [0.15, 0.2) is 54.9 Å². The van der Waals surface area contributed by atoms with Gasteiger partial charge in [-0.2, -0.15) is 0 Å². The molecular weight excluding hydrogens is 246 g/mol. The van der Waals surface area contributed by atoms with Crippen LogP contribution in [0.5, 0.6) is 0 Å². The van der Waals surface area contributed by atoms with Crippen LogP contribution >= 0.6 is 0 Å². The molecule has 2 aromatic heterocycles. The number of hydrogen-bond acceptors (Lipinski definition) is 3. The molecule has 1 unspecified atom stereocenters. The molecular formula is C17H17N3. The molecule has 0 aliphatic rings. The highest BCUT2D eigenvalue weighted by Gasteiger charge is 2.14. The third kappa shape index (κ3) is 2.28. The Hall–Kier alpha value is -2.26. The van der Waals surface area contributed by atoms with Crippen LogP contribution in [-0.4, -0.2) is 17.0 Å². The first-order chi connectivity index (χ1) is 9.79. The van der Waals surface area contributed by atoms with Gasteiger partial charge in [-0.25, -0.2) is 0 Å². The Morgan fingerprint density at radius 3 is 2.60 bits per heavy atom. The molecule has 100 valence electrons. The summed E-state index contributed by atoms with van der Waals surface area (Å²) < 4.78 is 0. The van der Waals surface area contributed by atoms with E-state index < -0.39 is 0 Å². The van der Waals surface area contributed by atoms with Gasteiger partial charge in [-0.05, 0) is 43.3 Å². The van der Waals surface area contributed by atoms with Gasteiger partial charge < -0.3 is 5.32 Å². The second-order valence-electron chi connectivity index (χ2n) is 4.86. The molecule has 1 aromatic carbocycles. The summed E-state index contributed by atoms with van der Waals surface area (Å²) in [6.07, 6.45) is 3.66. The van der Waals surface area contributed by atoms with Crippen molar-refractivity contribution in [1.82, 2.24) is 15.3 Å². The number of aryl methyl sites for hydroxylation is 1. The Labute approximate surface area is 118 Å².